The van der Waals surface area contributed by atoms with Crippen LogP contribution in [0.2, 0.25) is 0 Å². The average molecular weight is 495 g/mol. The molecule has 0 aliphatic carbocycles. The largest absolute Gasteiger partial charge is 0.492 e. The van der Waals surface area contributed by atoms with Crippen molar-refractivity contribution < 1.29 is 4.74 Å². The summed E-state index contributed by atoms with van der Waals surface area (Å²) in [6, 6.07) is 17.5. The second-order valence-corrected chi connectivity index (χ2v) is 7.43. The quantitative estimate of drug-likeness (QED) is 0.583. The van der Waals surface area contributed by atoms with Crippen LogP contribution in [0.3, 0.4) is 0 Å². The zero-order chi connectivity index (χ0) is 16.2. The molecule has 0 fully saturated rings. The molecular weight excluding hydrogens is 470 g/mol. The van der Waals surface area contributed by atoms with E-state index in [9.17, 15) is 0 Å². The number of hydrogen-bond acceptors (Lipinski definition) is 3. The van der Waals surface area contributed by atoms with Crippen molar-refractivity contribution in [3.63, 3.8) is 0 Å². The molecule has 0 bridgehead atoms. The van der Waals surface area contributed by atoms with Gasteiger partial charge in [-0.2, -0.15) is 0 Å². The standard InChI is InChI=1S/C19H23IN2O.2ClH/c1-21(2)10-11-22-12-13-23-18-9-8-16(20)14-17(18)19(22)15-6-4-3-5-7-15;;/h3-9,14,19H,10-13H2,1-2H3;2*1H. The van der Waals surface area contributed by atoms with Crippen LogP contribution in [0.15, 0.2) is 48.5 Å². The van der Waals surface area contributed by atoms with Crippen molar-refractivity contribution in [1.82, 2.24) is 9.80 Å². The highest BCUT2D eigenvalue weighted by atomic mass is 127. The molecule has 2 aromatic carbocycles. The first-order valence-electron chi connectivity index (χ1n) is 8.01. The Balaban J connectivity index is 0.00000156. The van der Waals surface area contributed by atoms with Crippen molar-refractivity contribution in [2.24, 2.45) is 0 Å². The normalized spacial score (nSPS) is 16.9. The fourth-order valence-electron chi connectivity index (χ4n) is 3.06. The molecule has 3 nitrogen and oxygen atoms in total. The van der Waals surface area contributed by atoms with E-state index >= 15 is 0 Å². The third kappa shape index (κ3) is 5.73. The van der Waals surface area contributed by atoms with Gasteiger partial charge in [0.1, 0.15) is 12.4 Å². The summed E-state index contributed by atoms with van der Waals surface area (Å²) < 4.78 is 7.28. The van der Waals surface area contributed by atoms with Crippen molar-refractivity contribution in [3.8, 4) is 5.75 Å². The Morgan fingerprint density at radius 1 is 1.12 bits per heavy atom. The summed E-state index contributed by atoms with van der Waals surface area (Å²) in [5, 5.41) is 0. The van der Waals surface area contributed by atoms with Gasteiger partial charge in [0.2, 0.25) is 0 Å². The molecule has 25 heavy (non-hydrogen) atoms. The Bertz CT molecular complexity index is 655. The van der Waals surface area contributed by atoms with Gasteiger partial charge in [0.25, 0.3) is 0 Å². The maximum Gasteiger partial charge on any atom is 0.124 e. The molecule has 6 heteroatoms. The Morgan fingerprint density at radius 2 is 1.84 bits per heavy atom. The fourth-order valence-corrected chi connectivity index (χ4v) is 3.57. The number of hydrogen-bond donors (Lipinski definition) is 0. The molecule has 1 heterocycles. The van der Waals surface area contributed by atoms with Crippen molar-refractivity contribution in [3.05, 3.63) is 63.2 Å². The molecule has 3 rings (SSSR count). The van der Waals surface area contributed by atoms with Crippen LogP contribution in [0.1, 0.15) is 17.2 Å². The minimum atomic E-state index is 0. The van der Waals surface area contributed by atoms with E-state index in [1.165, 1.54) is 14.7 Å². The van der Waals surface area contributed by atoms with E-state index in [1.807, 2.05) is 0 Å². The van der Waals surface area contributed by atoms with Gasteiger partial charge in [-0.25, -0.2) is 0 Å². The van der Waals surface area contributed by atoms with Gasteiger partial charge < -0.3 is 9.64 Å². The number of halogens is 3. The first-order valence-corrected chi connectivity index (χ1v) is 9.09. The molecule has 0 spiro atoms. The third-order valence-electron chi connectivity index (χ3n) is 4.22. The Morgan fingerprint density at radius 3 is 2.52 bits per heavy atom. The van der Waals surface area contributed by atoms with Gasteiger partial charge in [-0.15, -0.1) is 24.8 Å². The van der Waals surface area contributed by atoms with Crippen molar-refractivity contribution >= 4 is 47.4 Å². The Hall–Kier alpha value is -0.530. The van der Waals surface area contributed by atoms with Crippen molar-refractivity contribution in [1.29, 1.82) is 0 Å². The van der Waals surface area contributed by atoms with E-state index in [-0.39, 0.29) is 30.9 Å². The first-order chi connectivity index (χ1) is 11.1. The molecule has 1 aliphatic rings. The minimum Gasteiger partial charge on any atom is -0.492 e. The molecule has 138 valence electrons. The van der Waals surface area contributed by atoms with E-state index in [0.717, 1.165) is 32.0 Å². The third-order valence-corrected chi connectivity index (χ3v) is 4.89. The van der Waals surface area contributed by atoms with Gasteiger partial charge in [0, 0.05) is 28.8 Å². The predicted molar refractivity (Wildman–Crippen MR) is 118 cm³/mol. The van der Waals surface area contributed by atoms with Gasteiger partial charge in [0.15, 0.2) is 0 Å². The molecule has 0 saturated heterocycles. The number of fused-ring (bicyclic) bond motifs is 1. The van der Waals surface area contributed by atoms with Crippen molar-refractivity contribution in [2.75, 3.05) is 40.3 Å². The number of ether oxygens (including phenoxy) is 1. The second-order valence-electron chi connectivity index (χ2n) is 6.18. The lowest BCUT2D eigenvalue weighted by Gasteiger charge is -2.31. The summed E-state index contributed by atoms with van der Waals surface area (Å²) in [5.41, 5.74) is 2.61. The van der Waals surface area contributed by atoms with Gasteiger partial charge in [-0.05, 0) is 60.4 Å². The Labute approximate surface area is 176 Å². The molecule has 0 aromatic heterocycles. The first kappa shape index (κ1) is 22.5. The van der Waals surface area contributed by atoms with Gasteiger partial charge in [0.05, 0.1) is 6.04 Å². The topological polar surface area (TPSA) is 15.7 Å². The number of nitrogens with zero attached hydrogens (tertiary/aromatic N) is 2. The van der Waals surface area contributed by atoms with E-state index in [4.69, 9.17) is 4.74 Å². The smallest absolute Gasteiger partial charge is 0.124 e. The SMILES string of the molecule is CN(C)CCN1CCOc2ccc(I)cc2C1c1ccccc1.Cl.Cl. The van der Waals surface area contributed by atoms with Gasteiger partial charge in [-0.3, -0.25) is 4.90 Å². The van der Waals surface area contributed by atoms with E-state index in [2.05, 4.69) is 95.0 Å². The highest BCUT2D eigenvalue weighted by Crippen LogP contribution is 2.37. The van der Waals surface area contributed by atoms with Crippen LogP contribution >= 0.6 is 47.4 Å². The summed E-state index contributed by atoms with van der Waals surface area (Å²) in [6.07, 6.45) is 0. The lowest BCUT2D eigenvalue weighted by Crippen LogP contribution is -2.36. The van der Waals surface area contributed by atoms with Gasteiger partial charge in [-0.1, -0.05) is 30.3 Å². The van der Waals surface area contributed by atoms with E-state index in [1.54, 1.807) is 0 Å². The summed E-state index contributed by atoms with van der Waals surface area (Å²) in [7, 11) is 4.26. The average Bonchev–Trinajstić information content (AvgIpc) is 2.72. The molecule has 1 unspecified atom stereocenters. The van der Waals surface area contributed by atoms with Crippen LogP contribution in [0.5, 0.6) is 5.75 Å². The van der Waals surface area contributed by atoms with Crippen molar-refractivity contribution in [2.45, 2.75) is 6.04 Å². The van der Waals surface area contributed by atoms with Crippen LogP contribution in [0.4, 0.5) is 0 Å². The van der Waals surface area contributed by atoms with E-state index < -0.39 is 0 Å². The monoisotopic (exact) mass is 494 g/mol. The minimum absolute atomic E-state index is 0. The van der Waals surface area contributed by atoms with Gasteiger partial charge >= 0.3 is 0 Å². The molecule has 0 radical (unpaired) electrons. The fraction of sp³-hybridized carbons (Fsp3) is 0.368. The molecule has 2 aromatic rings. The summed E-state index contributed by atoms with van der Waals surface area (Å²) in [5.74, 6) is 1.02. The maximum absolute atomic E-state index is 6.03. The highest BCUT2D eigenvalue weighted by Gasteiger charge is 2.28. The van der Waals surface area contributed by atoms with Crippen LogP contribution < -0.4 is 4.74 Å². The molecule has 0 N–H and O–H groups in total. The zero-order valence-corrected chi connectivity index (χ0v) is 18.3. The molecule has 0 saturated carbocycles. The lowest BCUT2D eigenvalue weighted by molar-refractivity contribution is 0.185. The zero-order valence-electron chi connectivity index (χ0n) is 14.5. The van der Waals surface area contributed by atoms with Crippen LogP contribution in [0.25, 0.3) is 0 Å². The lowest BCUT2D eigenvalue weighted by atomic mass is 9.96. The predicted octanol–water partition coefficient (Wildman–Crippen LogP) is 4.48. The highest BCUT2D eigenvalue weighted by molar-refractivity contribution is 14.1. The maximum atomic E-state index is 6.03. The molecular formula is C19H25Cl2IN2O. The van der Waals surface area contributed by atoms with Crippen LogP contribution in [-0.2, 0) is 0 Å². The van der Waals surface area contributed by atoms with E-state index in [0.29, 0.717) is 0 Å². The number of rotatable bonds is 4. The molecule has 0 amide bonds. The Kier molecular flexibility index (Phi) is 9.52. The summed E-state index contributed by atoms with van der Waals surface area (Å²) in [4.78, 5) is 4.78. The van der Waals surface area contributed by atoms with Crippen LogP contribution in [-0.4, -0.2) is 50.1 Å². The van der Waals surface area contributed by atoms with Crippen LogP contribution in [0, 0.1) is 3.57 Å². The summed E-state index contributed by atoms with van der Waals surface area (Å²) >= 11 is 2.38. The summed E-state index contributed by atoms with van der Waals surface area (Å²) in [6.45, 7) is 3.76. The second kappa shape index (κ2) is 10.6. The molecule has 1 aliphatic heterocycles. The molecule has 1 atom stereocenters. The number of benzene rings is 2. The number of likely N-dealkylation sites (N-methyl/N-ethyl adjacent to an activating group) is 1.